The first-order valence-electron chi connectivity index (χ1n) is 9.76. The van der Waals surface area contributed by atoms with E-state index < -0.39 is 11.9 Å². The Kier molecular flexibility index (Phi) is 4.21. The van der Waals surface area contributed by atoms with Crippen molar-refractivity contribution in [2.24, 2.45) is 0 Å². The molecule has 1 atom stereocenters. The zero-order valence-corrected chi connectivity index (χ0v) is 17.1. The number of halogens is 1. The molecule has 11 nitrogen and oxygen atoms in total. The molecule has 0 bridgehead atoms. The molecule has 0 aromatic carbocycles. The van der Waals surface area contributed by atoms with Crippen molar-refractivity contribution in [1.82, 2.24) is 44.6 Å². The molecule has 0 radical (unpaired) electrons. The predicted octanol–water partition coefficient (Wildman–Crippen LogP) is 2.34. The molecule has 1 aliphatic heterocycles. The van der Waals surface area contributed by atoms with Crippen molar-refractivity contribution < 1.29 is 9.21 Å². The molecule has 158 valence electrons. The van der Waals surface area contributed by atoms with Crippen molar-refractivity contribution in [2.45, 2.75) is 12.5 Å². The third-order valence-corrected chi connectivity index (χ3v) is 5.65. The van der Waals surface area contributed by atoms with Crippen LogP contribution in [0.2, 0.25) is 5.02 Å². The van der Waals surface area contributed by atoms with Gasteiger partial charge in [0.2, 0.25) is 0 Å². The Morgan fingerprint density at radius 1 is 1.25 bits per heavy atom. The number of aromatic nitrogens is 8. The second-order valence-corrected chi connectivity index (χ2v) is 7.58. The smallest absolute Gasteiger partial charge is 0.312 e. The molecule has 0 fully saturated rings. The van der Waals surface area contributed by atoms with Gasteiger partial charge in [0.15, 0.2) is 0 Å². The molecule has 0 saturated heterocycles. The number of imidazole rings is 1. The van der Waals surface area contributed by atoms with Gasteiger partial charge in [-0.2, -0.15) is 5.10 Å². The minimum atomic E-state index is -0.541. The van der Waals surface area contributed by atoms with Crippen LogP contribution in [-0.4, -0.2) is 57.1 Å². The van der Waals surface area contributed by atoms with Gasteiger partial charge in [0.1, 0.15) is 11.7 Å². The Morgan fingerprint density at radius 2 is 2.19 bits per heavy atom. The number of H-pyrrole nitrogens is 1. The van der Waals surface area contributed by atoms with E-state index in [9.17, 15) is 4.79 Å². The zero-order chi connectivity index (χ0) is 21.7. The SMILES string of the molecule is O=C(c1nnc(-c2cnccn2)o1)N1CCc2[nH]cnc2[C@@H]1c1cc2c(Cl)cccn2n1. The van der Waals surface area contributed by atoms with Crippen molar-refractivity contribution in [2.75, 3.05) is 6.54 Å². The lowest BCUT2D eigenvalue weighted by molar-refractivity contribution is 0.0646. The molecule has 1 aliphatic rings. The Balaban J connectivity index is 1.41. The summed E-state index contributed by atoms with van der Waals surface area (Å²) in [6, 6.07) is 4.91. The maximum atomic E-state index is 13.4. The van der Waals surface area contributed by atoms with E-state index in [2.05, 4.69) is 35.2 Å². The van der Waals surface area contributed by atoms with Gasteiger partial charge >= 0.3 is 11.8 Å². The average Bonchev–Trinajstić information content (AvgIpc) is 3.58. The molecule has 1 amide bonds. The lowest BCUT2D eigenvalue weighted by atomic mass is 9.99. The summed E-state index contributed by atoms with van der Waals surface area (Å²) in [4.78, 5) is 30.8. The van der Waals surface area contributed by atoms with Crippen LogP contribution < -0.4 is 0 Å². The number of nitrogens with zero attached hydrogens (tertiary/aromatic N) is 8. The van der Waals surface area contributed by atoms with Crippen LogP contribution in [-0.2, 0) is 6.42 Å². The number of hydrogen-bond acceptors (Lipinski definition) is 8. The molecular formula is C20H14ClN9O2. The van der Waals surface area contributed by atoms with Crippen LogP contribution in [0.25, 0.3) is 17.1 Å². The van der Waals surface area contributed by atoms with Crippen LogP contribution in [0.15, 0.2) is 53.7 Å². The van der Waals surface area contributed by atoms with Gasteiger partial charge in [-0.1, -0.05) is 11.6 Å². The Labute approximate surface area is 185 Å². The molecule has 12 heteroatoms. The number of rotatable bonds is 3. The highest BCUT2D eigenvalue weighted by molar-refractivity contribution is 6.33. The minimum Gasteiger partial charge on any atom is -0.411 e. The van der Waals surface area contributed by atoms with Crippen LogP contribution in [0.1, 0.15) is 33.8 Å². The van der Waals surface area contributed by atoms with Gasteiger partial charge < -0.3 is 14.3 Å². The quantitative estimate of drug-likeness (QED) is 0.446. The summed E-state index contributed by atoms with van der Waals surface area (Å²) >= 11 is 6.34. The molecule has 5 aromatic heterocycles. The highest BCUT2D eigenvalue weighted by Gasteiger charge is 2.38. The van der Waals surface area contributed by atoms with E-state index in [1.165, 1.54) is 18.6 Å². The molecular weight excluding hydrogens is 434 g/mol. The molecule has 0 saturated carbocycles. The van der Waals surface area contributed by atoms with E-state index in [0.717, 1.165) is 16.9 Å². The maximum absolute atomic E-state index is 13.4. The molecule has 32 heavy (non-hydrogen) atoms. The first kappa shape index (κ1) is 18.6. The van der Waals surface area contributed by atoms with Crippen LogP contribution in [0.5, 0.6) is 0 Å². The van der Waals surface area contributed by atoms with E-state index in [1.54, 1.807) is 28.0 Å². The van der Waals surface area contributed by atoms with Gasteiger partial charge in [0.05, 0.1) is 34.5 Å². The fraction of sp³-hybridized carbons (Fsp3) is 0.150. The summed E-state index contributed by atoms with van der Waals surface area (Å²) in [6.07, 6.45) is 8.56. The fourth-order valence-electron chi connectivity index (χ4n) is 3.87. The predicted molar refractivity (Wildman–Crippen MR) is 111 cm³/mol. The van der Waals surface area contributed by atoms with E-state index in [-0.39, 0.29) is 11.8 Å². The van der Waals surface area contributed by atoms with Gasteiger partial charge in [-0.05, 0) is 18.2 Å². The summed E-state index contributed by atoms with van der Waals surface area (Å²) in [6.45, 7) is 0.420. The molecule has 0 aliphatic carbocycles. The highest BCUT2D eigenvalue weighted by atomic mass is 35.5. The number of fused-ring (bicyclic) bond motifs is 2. The number of pyridine rings is 1. The molecule has 6 rings (SSSR count). The van der Waals surface area contributed by atoms with Gasteiger partial charge in [0, 0.05) is 37.3 Å². The largest absolute Gasteiger partial charge is 0.411 e. The summed E-state index contributed by atoms with van der Waals surface area (Å²) in [7, 11) is 0. The number of carbonyl (C=O) groups excluding carboxylic acids is 1. The van der Waals surface area contributed by atoms with Gasteiger partial charge in [-0.15, -0.1) is 10.2 Å². The maximum Gasteiger partial charge on any atom is 0.312 e. The van der Waals surface area contributed by atoms with Crippen molar-refractivity contribution in [3.05, 3.63) is 77.3 Å². The van der Waals surface area contributed by atoms with Crippen molar-refractivity contribution in [1.29, 1.82) is 0 Å². The van der Waals surface area contributed by atoms with E-state index in [0.29, 0.717) is 29.4 Å². The van der Waals surface area contributed by atoms with Crippen LogP contribution in [0, 0.1) is 0 Å². The average molecular weight is 448 g/mol. The topological polar surface area (TPSA) is 131 Å². The Hall–Kier alpha value is -4.12. The number of nitrogens with one attached hydrogen (secondary N) is 1. The normalized spacial score (nSPS) is 15.8. The highest BCUT2D eigenvalue weighted by Crippen LogP contribution is 2.35. The lowest BCUT2D eigenvalue weighted by Crippen LogP contribution is -2.41. The van der Waals surface area contributed by atoms with E-state index >= 15 is 0 Å². The Morgan fingerprint density at radius 3 is 3.03 bits per heavy atom. The number of carbonyl (C=O) groups is 1. The number of aromatic amines is 1. The molecule has 0 unspecified atom stereocenters. The summed E-state index contributed by atoms with van der Waals surface area (Å²) in [5.74, 6) is -0.444. The third kappa shape index (κ3) is 2.94. The van der Waals surface area contributed by atoms with Crippen LogP contribution in [0.3, 0.4) is 0 Å². The lowest BCUT2D eigenvalue weighted by Gasteiger charge is -2.32. The Bertz CT molecular complexity index is 1440. The van der Waals surface area contributed by atoms with Gasteiger partial charge in [0.25, 0.3) is 5.89 Å². The summed E-state index contributed by atoms with van der Waals surface area (Å²) < 4.78 is 7.31. The number of hydrogen-bond donors (Lipinski definition) is 1. The van der Waals surface area contributed by atoms with Gasteiger partial charge in [-0.25, -0.2) is 14.5 Å². The van der Waals surface area contributed by atoms with Crippen LogP contribution >= 0.6 is 11.6 Å². The third-order valence-electron chi connectivity index (χ3n) is 5.33. The van der Waals surface area contributed by atoms with Crippen molar-refractivity contribution in [3.8, 4) is 11.6 Å². The molecule has 1 N–H and O–H groups in total. The fourth-order valence-corrected chi connectivity index (χ4v) is 4.09. The summed E-state index contributed by atoms with van der Waals surface area (Å²) in [5, 5.41) is 13.1. The molecule has 5 aromatic rings. The molecule has 6 heterocycles. The van der Waals surface area contributed by atoms with E-state index in [1.807, 2.05) is 12.1 Å². The molecule has 0 spiro atoms. The van der Waals surface area contributed by atoms with E-state index in [4.69, 9.17) is 16.0 Å². The summed E-state index contributed by atoms with van der Waals surface area (Å²) in [5.41, 5.74) is 3.43. The standard InChI is InChI=1S/C20H14ClN9O2/c21-11-2-1-6-30-15(11)8-13(28-30)17-16-12(24-10-25-16)3-7-29(17)20(31)19-27-26-18(32-19)14-9-22-4-5-23-14/h1-2,4-6,8-10,17H,3,7H2,(H,24,25)/t17-/m0/s1. The minimum absolute atomic E-state index is 0.120. The first-order valence-corrected chi connectivity index (χ1v) is 10.1. The van der Waals surface area contributed by atoms with Crippen molar-refractivity contribution >= 4 is 23.0 Å². The van der Waals surface area contributed by atoms with Gasteiger partial charge in [-0.3, -0.25) is 9.78 Å². The number of amides is 1. The second-order valence-electron chi connectivity index (χ2n) is 7.18. The first-order chi connectivity index (χ1) is 15.7. The monoisotopic (exact) mass is 447 g/mol. The second kappa shape index (κ2) is 7.24. The zero-order valence-electron chi connectivity index (χ0n) is 16.4. The van der Waals surface area contributed by atoms with Crippen molar-refractivity contribution in [3.63, 3.8) is 0 Å². The van der Waals surface area contributed by atoms with Crippen LogP contribution in [0.4, 0.5) is 0 Å².